The lowest BCUT2D eigenvalue weighted by Gasteiger charge is -2.16. The topological polar surface area (TPSA) is 85.1 Å². The summed E-state index contributed by atoms with van der Waals surface area (Å²) in [5.74, 6) is 0.202. The van der Waals surface area contributed by atoms with Crippen molar-refractivity contribution in [2.24, 2.45) is 20.7 Å². The number of rotatable bonds is 3. The summed E-state index contributed by atoms with van der Waals surface area (Å²) < 4.78 is 1.69. The molecule has 3 heterocycles. The van der Waals surface area contributed by atoms with E-state index < -0.39 is 0 Å². The second kappa shape index (κ2) is 6.12. The summed E-state index contributed by atoms with van der Waals surface area (Å²) in [6.45, 7) is 3.71. The lowest BCUT2D eigenvalue weighted by atomic mass is 10.0. The maximum absolute atomic E-state index is 13.1. The average molecular weight is 333 g/mol. The van der Waals surface area contributed by atoms with Crippen LogP contribution in [0.25, 0.3) is 5.57 Å². The fraction of sp³-hybridized carbons (Fsp3) is 0.263. The van der Waals surface area contributed by atoms with Gasteiger partial charge in [-0.1, -0.05) is 30.3 Å². The molecule has 0 radical (unpaired) electrons. The van der Waals surface area contributed by atoms with E-state index in [4.69, 9.17) is 5.73 Å². The molecule has 2 aliphatic heterocycles. The molecule has 6 heteroatoms. The number of guanidine groups is 1. The van der Waals surface area contributed by atoms with Gasteiger partial charge < -0.3 is 5.73 Å². The molecule has 2 N–H and O–H groups in total. The molecule has 1 aromatic carbocycles. The lowest BCUT2D eigenvalue weighted by Crippen LogP contribution is -2.48. The van der Waals surface area contributed by atoms with Gasteiger partial charge in [-0.2, -0.15) is 4.99 Å². The third-order valence-corrected chi connectivity index (χ3v) is 4.56. The average Bonchev–Trinajstić information content (AvgIpc) is 2.70. The Morgan fingerprint density at radius 3 is 2.64 bits per heavy atom. The number of nitrogens with zero attached hydrogens (tertiary/aromatic N) is 4. The molecule has 2 aromatic rings. The van der Waals surface area contributed by atoms with Crippen molar-refractivity contribution in [1.82, 2.24) is 4.57 Å². The predicted molar refractivity (Wildman–Crippen MR) is 98.6 cm³/mol. The quantitative estimate of drug-likeness (QED) is 0.870. The van der Waals surface area contributed by atoms with Gasteiger partial charge in [0.15, 0.2) is 0 Å². The van der Waals surface area contributed by atoms with Gasteiger partial charge in [-0.3, -0.25) is 14.4 Å². The third-order valence-electron chi connectivity index (χ3n) is 4.56. The highest BCUT2D eigenvalue weighted by atomic mass is 16.1. The summed E-state index contributed by atoms with van der Waals surface area (Å²) in [6.07, 6.45) is 0.841. The van der Waals surface area contributed by atoms with Crippen LogP contribution in [0, 0.1) is 0 Å². The number of hydrogen-bond acceptors (Lipinski definition) is 5. The first-order chi connectivity index (χ1) is 12.1. The van der Waals surface area contributed by atoms with E-state index in [-0.39, 0.29) is 11.5 Å². The highest BCUT2D eigenvalue weighted by Gasteiger charge is 2.18. The molecular formula is C19H19N5O. The van der Waals surface area contributed by atoms with Gasteiger partial charge in [0.1, 0.15) is 5.49 Å². The zero-order chi connectivity index (χ0) is 17.4. The summed E-state index contributed by atoms with van der Waals surface area (Å²) >= 11 is 0. The molecule has 0 fully saturated rings. The first-order valence-electron chi connectivity index (χ1n) is 8.33. The minimum absolute atomic E-state index is 0.0766. The number of aliphatic imine (C=N–C) groups is 2. The van der Waals surface area contributed by atoms with Crippen LogP contribution >= 0.6 is 0 Å². The Bertz CT molecular complexity index is 1080. The SMILES string of the molecule is CC1=c2cc(C3=NCC3)c(=O)n(Cc3ccccc3)c2=NC(N)=NC1. The summed E-state index contributed by atoms with van der Waals surface area (Å²) in [4.78, 5) is 26.2. The van der Waals surface area contributed by atoms with E-state index in [1.807, 2.05) is 43.3 Å². The molecule has 0 saturated heterocycles. The number of nitrogens with two attached hydrogens (primary N) is 1. The van der Waals surface area contributed by atoms with E-state index in [2.05, 4.69) is 15.0 Å². The van der Waals surface area contributed by atoms with Crippen molar-refractivity contribution in [2.45, 2.75) is 19.9 Å². The van der Waals surface area contributed by atoms with Crippen molar-refractivity contribution >= 4 is 17.2 Å². The van der Waals surface area contributed by atoms with Crippen LogP contribution in [0.5, 0.6) is 0 Å². The fourth-order valence-corrected chi connectivity index (χ4v) is 3.08. The molecule has 2 aliphatic rings. The Labute approximate surface area is 144 Å². The van der Waals surface area contributed by atoms with Crippen molar-refractivity contribution in [3.05, 3.63) is 68.6 Å². The zero-order valence-corrected chi connectivity index (χ0v) is 14.1. The molecule has 0 saturated carbocycles. The molecule has 4 rings (SSSR count). The number of fused-ring (bicyclic) bond motifs is 1. The summed E-state index contributed by atoms with van der Waals surface area (Å²) in [5, 5.41) is 0.921. The summed E-state index contributed by atoms with van der Waals surface area (Å²) in [6, 6.07) is 11.8. The molecule has 0 spiro atoms. The van der Waals surface area contributed by atoms with E-state index in [1.165, 1.54) is 0 Å². The molecular weight excluding hydrogens is 314 g/mol. The Hall–Kier alpha value is -3.02. The molecule has 25 heavy (non-hydrogen) atoms. The molecule has 0 aliphatic carbocycles. The minimum atomic E-state index is -0.0766. The maximum Gasteiger partial charge on any atom is 0.261 e. The standard InChI is InChI=1S/C19H19N5O/c1-12-10-22-19(20)23-17-14(12)9-15(16-7-8-21-16)18(25)24(17)11-13-5-3-2-4-6-13/h2-6,9H,7-8,10-11H2,1H3,(H2,20,22). The van der Waals surface area contributed by atoms with E-state index in [0.29, 0.717) is 24.1 Å². The predicted octanol–water partition coefficient (Wildman–Crippen LogP) is 0.208. The number of aromatic nitrogens is 1. The minimum Gasteiger partial charge on any atom is -0.368 e. The van der Waals surface area contributed by atoms with Gasteiger partial charge in [0, 0.05) is 23.9 Å². The molecule has 0 atom stereocenters. The Kier molecular flexibility index (Phi) is 3.80. The first kappa shape index (κ1) is 15.5. The first-order valence-corrected chi connectivity index (χ1v) is 8.33. The largest absolute Gasteiger partial charge is 0.368 e. The molecule has 126 valence electrons. The monoisotopic (exact) mass is 333 g/mol. The van der Waals surface area contributed by atoms with E-state index in [9.17, 15) is 4.79 Å². The van der Waals surface area contributed by atoms with Gasteiger partial charge in [-0.25, -0.2) is 4.99 Å². The van der Waals surface area contributed by atoms with Crippen molar-refractivity contribution in [3.63, 3.8) is 0 Å². The van der Waals surface area contributed by atoms with Crippen LogP contribution in [-0.2, 0) is 6.54 Å². The molecule has 0 bridgehead atoms. The van der Waals surface area contributed by atoms with Crippen LogP contribution in [0.1, 0.15) is 24.5 Å². The van der Waals surface area contributed by atoms with Crippen molar-refractivity contribution in [1.29, 1.82) is 0 Å². The summed E-state index contributed by atoms with van der Waals surface area (Å²) in [7, 11) is 0. The Morgan fingerprint density at radius 2 is 1.96 bits per heavy atom. The normalized spacial score (nSPS) is 16.1. The van der Waals surface area contributed by atoms with E-state index >= 15 is 0 Å². The lowest BCUT2D eigenvalue weighted by molar-refractivity contribution is 0.706. The second-order valence-electron chi connectivity index (χ2n) is 6.32. The second-order valence-corrected chi connectivity index (χ2v) is 6.32. The van der Waals surface area contributed by atoms with Crippen molar-refractivity contribution < 1.29 is 0 Å². The maximum atomic E-state index is 13.1. The van der Waals surface area contributed by atoms with Gasteiger partial charge in [0.25, 0.3) is 5.56 Å². The van der Waals surface area contributed by atoms with Crippen LogP contribution in [0.2, 0.25) is 0 Å². The van der Waals surface area contributed by atoms with Crippen LogP contribution < -0.4 is 22.0 Å². The zero-order valence-electron chi connectivity index (χ0n) is 14.1. The van der Waals surface area contributed by atoms with Crippen molar-refractivity contribution in [2.75, 3.05) is 13.1 Å². The van der Waals surface area contributed by atoms with Crippen LogP contribution in [-0.4, -0.2) is 29.3 Å². The van der Waals surface area contributed by atoms with E-state index in [1.54, 1.807) is 4.57 Å². The van der Waals surface area contributed by atoms with Gasteiger partial charge in [-0.15, -0.1) is 0 Å². The number of benzene rings is 1. The van der Waals surface area contributed by atoms with Crippen molar-refractivity contribution in [3.8, 4) is 0 Å². The van der Waals surface area contributed by atoms with Crippen LogP contribution in [0.15, 0.2) is 56.2 Å². The van der Waals surface area contributed by atoms with Gasteiger partial charge in [0.2, 0.25) is 5.96 Å². The van der Waals surface area contributed by atoms with Crippen LogP contribution in [0.4, 0.5) is 0 Å². The van der Waals surface area contributed by atoms with Crippen LogP contribution in [0.3, 0.4) is 0 Å². The Morgan fingerprint density at radius 1 is 1.20 bits per heavy atom. The highest BCUT2D eigenvalue weighted by molar-refractivity contribution is 6.03. The number of pyridine rings is 1. The highest BCUT2D eigenvalue weighted by Crippen LogP contribution is 2.08. The Balaban J connectivity index is 2.04. The molecule has 1 aromatic heterocycles. The van der Waals surface area contributed by atoms with Gasteiger partial charge >= 0.3 is 0 Å². The fourth-order valence-electron chi connectivity index (χ4n) is 3.08. The van der Waals surface area contributed by atoms with Gasteiger partial charge in [0.05, 0.1) is 18.7 Å². The van der Waals surface area contributed by atoms with E-state index in [0.717, 1.165) is 35.0 Å². The third kappa shape index (κ3) is 2.80. The number of hydrogen-bond donors (Lipinski definition) is 1. The smallest absolute Gasteiger partial charge is 0.261 e. The summed E-state index contributed by atoms with van der Waals surface area (Å²) in [5.41, 5.74) is 10.0. The van der Waals surface area contributed by atoms with Gasteiger partial charge in [-0.05, 0) is 24.1 Å². The molecule has 0 amide bonds. The molecule has 0 unspecified atom stereocenters. The molecule has 6 nitrogen and oxygen atoms in total.